The molecule has 0 atom stereocenters. The number of hydrogen-bond donors (Lipinski definition) is 1. The number of aliphatic imine (C=N–C) groups is 1. The van der Waals surface area contributed by atoms with Gasteiger partial charge in [-0.05, 0) is 24.3 Å². The van der Waals surface area contributed by atoms with Crippen LogP contribution in [0.3, 0.4) is 0 Å². The zero-order valence-corrected chi connectivity index (χ0v) is 12.7. The maximum atomic E-state index is 8.77. The van der Waals surface area contributed by atoms with E-state index in [1.807, 2.05) is 6.07 Å². The molecule has 0 aliphatic rings. The van der Waals surface area contributed by atoms with Crippen LogP contribution in [0.1, 0.15) is 0 Å². The number of amidine groups is 1. The Morgan fingerprint density at radius 2 is 1.71 bits per heavy atom. The first-order chi connectivity index (χ1) is 10.1. The minimum Gasteiger partial charge on any atom is -0.425 e. The highest BCUT2D eigenvalue weighted by molar-refractivity contribution is 6.41. The Morgan fingerprint density at radius 3 is 2.29 bits per heavy atom. The van der Waals surface area contributed by atoms with Crippen molar-refractivity contribution in [3.8, 4) is 11.9 Å². The molecule has 0 aliphatic carbocycles. The van der Waals surface area contributed by atoms with Crippen molar-refractivity contribution in [2.24, 2.45) is 4.99 Å². The standard InChI is InChI=1S/C14H8Cl3N3O/c15-9-6-11(16)13(12(17)7-9)20-14(19-8-18)21-10-4-2-1-3-5-10/h1-7H,(H,19,20). The molecule has 4 nitrogen and oxygen atoms in total. The third kappa shape index (κ3) is 4.27. The summed E-state index contributed by atoms with van der Waals surface area (Å²) in [7, 11) is 0. The van der Waals surface area contributed by atoms with Gasteiger partial charge < -0.3 is 4.74 Å². The fourth-order valence-corrected chi connectivity index (χ4v) is 2.37. The summed E-state index contributed by atoms with van der Waals surface area (Å²) in [6.45, 7) is 0. The van der Waals surface area contributed by atoms with Gasteiger partial charge in [0.25, 0.3) is 0 Å². The molecule has 106 valence electrons. The summed E-state index contributed by atoms with van der Waals surface area (Å²) in [5, 5.41) is 12.0. The molecule has 0 heterocycles. The third-order valence-electron chi connectivity index (χ3n) is 2.32. The normalized spacial score (nSPS) is 10.9. The van der Waals surface area contributed by atoms with Gasteiger partial charge in [0.15, 0.2) is 6.19 Å². The Kier molecular flexibility index (Phi) is 5.29. The third-order valence-corrected chi connectivity index (χ3v) is 3.11. The summed E-state index contributed by atoms with van der Waals surface area (Å²) in [5.74, 6) is 0.514. The Bertz CT molecular complexity index is 688. The molecule has 0 saturated heterocycles. The smallest absolute Gasteiger partial charge is 0.309 e. The number of hydrogen-bond acceptors (Lipinski definition) is 3. The van der Waals surface area contributed by atoms with Crippen molar-refractivity contribution in [1.82, 2.24) is 5.32 Å². The zero-order chi connectivity index (χ0) is 15.2. The molecular formula is C14H8Cl3N3O. The van der Waals surface area contributed by atoms with Gasteiger partial charge in [0.05, 0.1) is 10.0 Å². The van der Waals surface area contributed by atoms with Crippen LogP contribution in [-0.4, -0.2) is 6.02 Å². The van der Waals surface area contributed by atoms with E-state index in [1.54, 1.807) is 30.5 Å². The van der Waals surface area contributed by atoms with E-state index in [0.29, 0.717) is 10.8 Å². The van der Waals surface area contributed by atoms with Gasteiger partial charge in [-0.2, -0.15) is 10.3 Å². The van der Waals surface area contributed by atoms with E-state index in [9.17, 15) is 0 Å². The summed E-state index contributed by atoms with van der Waals surface area (Å²) in [6, 6.07) is 11.8. The van der Waals surface area contributed by atoms with Crippen molar-refractivity contribution in [2.45, 2.75) is 0 Å². The van der Waals surface area contributed by atoms with Crippen LogP contribution in [0.25, 0.3) is 0 Å². The largest absolute Gasteiger partial charge is 0.425 e. The minimum atomic E-state index is -0.0465. The van der Waals surface area contributed by atoms with Crippen molar-refractivity contribution in [3.05, 3.63) is 57.5 Å². The molecule has 0 aromatic heterocycles. The summed E-state index contributed by atoms with van der Waals surface area (Å²) in [4.78, 5) is 4.12. The highest BCUT2D eigenvalue weighted by atomic mass is 35.5. The van der Waals surface area contributed by atoms with Crippen molar-refractivity contribution >= 4 is 46.5 Å². The molecular weight excluding hydrogens is 333 g/mol. The molecule has 2 aromatic rings. The van der Waals surface area contributed by atoms with E-state index in [-0.39, 0.29) is 21.8 Å². The van der Waals surface area contributed by atoms with Crippen LogP contribution in [0.15, 0.2) is 47.5 Å². The number of nitriles is 1. The second-order valence-electron chi connectivity index (χ2n) is 3.79. The lowest BCUT2D eigenvalue weighted by Crippen LogP contribution is -2.24. The Balaban J connectivity index is 2.36. The Labute approximate surface area is 136 Å². The highest BCUT2D eigenvalue weighted by Gasteiger charge is 2.10. The quantitative estimate of drug-likeness (QED) is 0.370. The van der Waals surface area contributed by atoms with Gasteiger partial charge in [0.2, 0.25) is 0 Å². The van der Waals surface area contributed by atoms with Gasteiger partial charge in [-0.15, -0.1) is 0 Å². The van der Waals surface area contributed by atoms with Crippen molar-refractivity contribution < 1.29 is 4.74 Å². The molecule has 7 heteroatoms. The molecule has 0 spiro atoms. The van der Waals surface area contributed by atoms with Crippen LogP contribution in [0, 0.1) is 11.5 Å². The van der Waals surface area contributed by atoms with E-state index < -0.39 is 0 Å². The molecule has 21 heavy (non-hydrogen) atoms. The number of nitrogens with one attached hydrogen (secondary N) is 1. The van der Waals surface area contributed by atoms with Crippen molar-refractivity contribution in [1.29, 1.82) is 5.26 Å². The van der Waals surface area contributed by atoms with Crippen molar-refractivity contribution in [2.75, 3.05) is 0 Å². The first-order valence-corrected chi connectivity index (χ1v) is 6.85. The average Bonchev–Trinajstić information content (AvgIpc) is 2.44. The molecule has 0 amide bonds. The van der Waals surface area contributed by atoms with E-state index >= 15 is 0 Å². The van der Waals surface area contributed by atoms with Crippen LogP contribution >= 0.6 is 34.8 Å². The number of ether oxygens (including phenoxy) is 1. The van der Waals surface area contributed by atoms with Crippen LogP contribution in [-0.2, 0) is 0 Å². The van der Waals surface area contributed by atoms with E-state index in [2.05, 4.69) is 10.3 Å². The summed E-state index contributed by atoms with van der Waals surface area (Å²) in [5.41, 5.74) is 0.261. The maximum Gasteiger partial charge on any atom is 0.309 e. The lowest BCUT2D eigenvalue weighted by atomic mass is 10.3. The van der Waals surface area contributed by atoms with Crippen LogP contribution in [0.2, 0.25) is 15.1 Å². The molecule has 0 fully saturated rings. The highest BCUT2D eigenvalue weighted by Crippen LogP contribution is 2.36. The molecule has 0 unspecified atom stereocenters. The van der Waals surface area contributed by atoms with Crippen LogP contribution < -0.4 is 10.1 Å². The van der Waals surface area contributed by atoms with Crippen LogP contribution in [0.4, 0.5) is 5.69 Å². The first kappa shape index (κ1) is 15.5. The molecule has 0 aliphatic heterocycles. The second kappa shape index (κ2) is 7.19. The van der Waals surface area contributed by atoms with E-state index in [4.69, 9.17) is 44.8 Å². The zero-order valence-electron chi connectivity index (χ0n) is 10.5. The Hall–Kier alpha value is -1.93. The lowest BCUT2D eigenvalue weighted by molar-refractivity contribution is 0.531. The van der Waals surface area contributed by atoms with Gasteiger partial charge in [-0.1, -0.05) is 53.0 Å². The molecule has 1 N–H and O–H groups in total. The van der Waals surface area contributed by atoms with Gasteiger partial charge in [0.1, 0.15) is 11.4 Å². The first-order valence-electron chi connectivity index (χ1n) is 5.71. The van der Waals surface area contributed by atoms with Gasteiger partial charge in [-0.25, -0.2) is 5.32 Å². The lowest BCUT2D eigenvalue weighted by Gasteiger charge is -2.08. The fraction of sp³-hybridized carbons (Fsp3) is 0. The number of halogens is 3. The van der Waals surface area contributed by atoms with E-state index in [0.717, 1.165) is 0 Å². The maximum absolute atomic E-state index is 8.77. The minimum absolute atomic E-state index is 0.0465. The predicted molar refractivity (Wildman–Crippen MR) is 84.4 cm³/mol. The SMILES string of the molecule is N#CNC(=Nc1c(Cl)cc(Cl)cc1Cl)Oc1ccccc1. The Morgan fingerprint density at radius 1 is 1.10 bits per heavy atom. The number of rotatable bonds is 2. The van der Waals surface area contributed by atoms with Crippen molar-refractivity contribution in [3.63, 3.8) is 0 Å². The fourth-order valence-electron chi connectivity index (χ4n) is 1.47. The molecule has 2 aromatic carbocycles. The molecule has 0 radical (unpaired) electrons. The van der Waals surface area contributed by atoms with E-state index in [1.165, 1.54) is 12.1 Å². The summed E-state index contributed by atoms with van der Waals surface area (Å²) in [6.07, 6.45) is 1.74. The molecule has 2 rings (SSSR count). The number of nitrogens with zero attached hydrogens (tertiary/aromatic N) is 2. The summed E-state index contributed by atoms with van der Waals surface area (Å²) < 4.78 is 5.47. The molecule has 0 saturated carbocycles. The van der Waals surface area contributed by atoms with Crippen LogP contribution in [0.5, 0.6) is 5.75 Å². The van der Waals surface area contributed by atoms with Gasteiger partial charge in [0, 0.05) is 5.02 Å². The monoisotopic (exact) mass is 339 g/mol. The number of para-hydroxylation sites is 1. The second-order valence-corrected chi connectivity index (χ2v) is 5.04. The predicted octanol–water partition coefficient (Wildman–Crippen LogP) is 4.78. The topological polar surface area (TPSA) is 57.4 Å². The van der Waals surface area contributed by atoms with Gasteiger partial charge >= 0.3 is 6.02 Å². The molecule has 0 bridgehead atoms. The number of benzene rings is 2. The average molecular weight is 341 g/mol. The summed E-state index contributed by atoms with van der Waals surface area (Å²) >= 11 is 17.9. The van der Waals surface area contributed by atoms with Gasteiger partial charge in [-0.3, -0.25) is 0 Å².